The molecule has 0 amide bonds. The first-order valence-electron chi connectivity index (χ1n) is 8.56. The molecular formula is C20H17F3N2O4S. The van der Waals surface area contributed by atoms with Crippen LogP contribution in [0.15, 0.2) is 65.6 Å². The van der Waals surface area contributed by atoms with Gasteiger partial charge in [0.15, 0.2) is 0 Å². The molecule has 1 N–H and O–H groups in total. The maximum absolute atomic E-state index is 13.0. The van der Waals surface area contributed by atoms with Gasteiger partial charge < -0.3 is 9.30 Å². The van der Waals surface area contributed by atoms with E-state index in [1.54, 1.807) is 0 Å². The maximum atomic E-state index is 13.0. The van der Waals surface area contributed by atoms with Gasteiger partial charge >= 0.3 is 6.18 Å². The second kappa shape index (κ2) is 7.86. The molecule has 1 aromatic heterocycles. The van der Waals surface area contributed by atoms with Crippen LogP contribution in [-0.2, 0) is 23.2 Å². The first kappa shape index (κ1) is 21.4. The van der Waals surface area contributed by atoms with Crippen molar-refractivity contribution < 1.29 is 26.3 Å². The number of benzene rings is 2. The smallest absolute Gasteiger partial charge is 0.416 e. The van der Waals surface area contributed by atoms with E-state index in [1.165, 1.54) is 60.3 Å². The van der Waals surface area contributed by atoms with Gasteiger partial charge in [-0.1, -0.05) is 6.07 Å². The molecule has 0 aliphatic heterocycles. The van der Waals surface area contributed by atoms with Crippen LogP contribution in [0.1, 0.15) is 5.56 Å². The Bertz CT molecular complexity index is 1250. The minimum atomic E-state index is -4.52. The molecule has 0 saturated carbocycles. The van der Waals surface area contributed by atoms with E-state index in [0.29, 0.717) is 11.1 Å². The Kier molecular flexibility index (Phi) is 5.62. The van der Waals surface area contributed by atoms with Crippen LogP contribution in [0.4, 0.5) is 18.9 Å². The number of halogens is 3. The summed E-state index contributed by atoms with van der Waals surface area (Å²) in [6.45, 7) is 0. The van der Waals surface area contributed by atoms with Crippen LogP contribution in [-0.4, -0.2) is 19.2 Å². The lowest BCUT2D eigenvalue weighted by Crippen LogP contribution is -2.14. The number of nitrogens with one attached hydrogen (secondary N) is 1. The van der Waals surface area contributed by atoms with Gasteiger partial charge in [-0.05, 0) is 42.5 Å². The summed E-state index contributed by atoms with van der Waals surface area (Å²) in [6.07, 6.45) is -2.02. The average molecular weight is 438 g/mol. The summed E-state index contributed by atoms with van der Waals surface area (Å²) in [5.41, 5.74) is 0.00849. The molecule has 0 fully saturated rings. The molecule has 0 aliphatic rings. The van der Waals surface area contributed by atoms with Gasteiger partial charge in [0.1, 0.15) is 11.5 Å². The van der Waals surface area contributed by atoms with E-state index < -0.39 is 21.8 Å². The largest absolute Gasteiger partial charge is 0.457 e. The summed E-state index contributed by atoms with van der Waals surface area (Å²) in [6, 6.07) is 11.6. The fourth-order valence-corrected chi connectivity index (χ4v) is 3.29. The highest BCUT2D eigenvalue weighted by Crippen LogP contribution is 2.37. The first-order valence-corrected chi connectivity index (χ1v) is 10.5. The van der Waals surface area contributed by atoms with Gasteiger partial charge in [0.05, 0.1) is 11.8 Å². The number of rotatable bonds is 5. The lowest BCUT2D eigenvalue weighted by atomic mass is 10.1. The zero-order valence-electron chi connectivity index (χ0n) is 15.9. The lowest BCUT2D eigenvalue weighted by molar-refractivity contribution is -0.137. The van der Waals surface area contributed by atoms with Crippen LogP contribution in [0, 0.1) is 0 Å². The molecule has 0 unspecified atom stereocenters. The quantitative estimate of drug-likeness (QED) is 0.647. The summed E-state index contributed by atoms with van der Waals surface area (Å²) in [5.74, 6) is 0.145. The van der Waals surface area contributed by atoms with Gasteiger partial charge in [-0.3, -0.25) is 9.52 Å². The minimum absolute atomic E-state index is 0.0419. The zero-order chi connectivity index (χ0) is 22.1. The number of pyridine rings is 1. The number of sulfonamides is 1. The van der Waals surface area contributed by atoms with E-state index in [-0.39, 0.29) is 22.7 Å². The van der Waals surface area contributed by atoms with Gasteiger partial charge in [0.2, 0.25) is 15.6 Å². The van der Waals surface area contributed by atoms with Crippen molar-refractivity contribution in [2.45, 2.75) is 6.18 Å². The van der Waals surface area contributed by atoms with Crippen LogP contribution in [0.25, 0.3) is 11.1 Å². The third kappa shape index (κ3) is 5.20. The van der Waals surface area contributed by atoms with Crippen molar-refractivity contribution in [1.82, 2.24) is 4.57 Å². The van der Waals surface area contributed by atoms with Crippen molar-refractivity contribution in [2.75, 3.05) is 11.0 Å². The molecule has 2 aromatic carbocycles. The predicted octanol–water partition coefficient (Wildman–Crippen LogP) is 4.23. The van der Waals surface area contributed by atoms with E-state index in [9.17, 15) is 26.4 Å². The average Bonchev–Trinajstić information content (AvgIpc) is 2.64. The summed E-state index contributed by atoms with van der Waals surface area (Å²) < 4.78 is 71.4. The number of anilines is 1. The van der Waals surface area contributed by atoms with Gasteiger partial charge in [-0.2, -0.15) is 13.2 Å². The Hall–Kier alpha value is -3.27. The van der Waals surface area contributed by atoms with E-state index in [0.717, 1.165) is 18.4 Å². The second-order valence-electron chi connectivity index (χ2n) is 6.58. The molecule has 0 radical (unpaired) electrons. The van der Waals surface area contributed by atoms with Crippen LogP contribution in [0.2, 0.25) is 0 Å². The molecule has 0 bridgehead atoms. The summed E-state index contributed by atoms with van der Waals surface area (Å²) in [7, 11) is -2.02. The molecular weight excluding hydrogens is 421 g/mol. The monoisotopic (exact) mass is 438 g/mol. The first-order chi connectivity index (χ1) is 13.9. The Morgan fingerprint density at radius 1 is 1.03 bits per heavy atom. The number of hydrogen-bond acceptors (Lipinski definition) is 4. The zero-order valence-corrected chi connectivity index (χ0v) is 16.7. The molecule has 0 atom stereocenters. The van der Waals surface area contributed by atoms with Crippen molar-refractivity contribution in [2.24, 2.45) is 7.05 Å². The summed E-state index contributed by atoms with van der Waals surface area (Å²) >= 11 is 0. The molecule has 0 spiro atoms. The molecule has 6 nitrogen and oxygen atoms in total. The summed E-state index contributed by atoms with van der Waals surface area (Å²) in [4.78, 5) is 11.7. The topological polar surface area (TPSA) is 77.4 Å². The van der Waals surface area contributed by atoms with E-state index in [2.05, 4.69) is 4.72 Å². The molecule has 30 heavy (non-hydrogen) atoms. The highest BCUT2D eigenvalue weighted by Gasteiger charge is 2.30. The number of hydrogen-bond donors (Lipinski definition) is 1. The molecule has 158 valence electrons. The summed E-state index contributed by atoms with van der Waals surface area (Å²) in [5, 5.41) is 0. The van der Waals surface area contributed by atoms with Gasteiger partial charge in [-0.25, -0.2) is 8.42 Å². The van der Waals surface area contributed by atoms with E-state index in [1.807, 2.05) is 0 Å². The van der Waals surface area contributed by atoms with Crippen LogP contribution < -0.4 is 15.0 Å². The van der Waals surface area contributed by atoms with Crippen molar-refractivity contribution in [1.29, 1.82) is 0 Å². The van der Waals surface area contributed by atoms with Gasteiger partial charge in [0.25, 0.3) is 0 Å². The lowest BCUT2D eigenvalue weighted by Gasteiger charge is -2.15. The Morgan fingerprint density at radius 2 is 1.77 bits per heavy atom. The molecule has 10 heteroatoms. The third-order valence-corrected chi connectivity index (χ3v) is 4.68. The highest BCUT2D eigenvalue weighted by molar-refractivity contribution is 7.92. The number of aromatic nitrogens is 1. The number of nitrogens with zero attached hydrogens (tertiary/aromatic N) is 1. The standard InChI is InChI=1S/C20H17F3N2O4S/c1-25-12-13(6-9-19(25)26)17-11-15(24-30(2,27)28)7-8-18(17)29-16-5-3-4-14(10-16)20(21,22)23/h3-12,24H,1-2H3. The normalized spacial score (nSPS) is 11.9. The Balaban J connectivity index is 2.09. The highest BCUT2D eigenvalue weighted by atomic mass is 32.2. The fraction of sp³-hybridized carbons (Fsp3) is 0.150. The molecule has 3 rings (SSSR count). The van der Waals surface area contributed by atoms with Crippen LogP contribution in [0.3, 0.4) is 0 Å². The van der Waals surface area contributed by atoms with E-state index in [4.69, 9.17) is 4.74 Å². The molecule has 3 aromatic rings. The Morgan fingerprint density at radius 3 is 2.40 bits per heavy atom. The molecule has 0 saturated heterocycles. The van der Waals surface area contributed by atoms with Crippen molar-refractivity contribution in [3.8, 4) is 22.6 Å². The molecule has 1 heterocycles. The maximum Gasteiger partial charge on any atom is 0.416 e. The van der Waals surface area contributed by atoms with E-state index >= 15 is 0 Å². The van der Waals surface area contributed by atoms with Crippen molar-refractivity contribution in [3.05, 3.63) is 76.7 Å². The second-order valence-corrected chi connectivity index (χ2v) is 8.33. The van der Waals surface area contributed by atoms with Crippen LogP contribution in [0.5, 0.6) is 11.5 Å². The number of aryl methyl sites for hydroxylation is 1. The number of ether oxygens (including phenoxy) is 1. The number of alkyl halides is 3. The minimum Gasteiger partial charge on any atom is -0.457 e. The van der Waals surface area contributed by atoms with Gasteiger partial charge in [0, 0.05) is 36.1 Å². The van der Waals surface area contributed by atoms with Crippen molar-refractivity contribution in [3.63, 3.8) is 0 Å². The van der Waals surface area contributed by atoms with Gasteiger partial charge in [-0.15, -0.1) is 0 Å². The Labute approximate surface area is 170 Å². The predicted molar refractivity (Wildman–Crippen MR) is 107 cm³/mol. The molecule has 0 aliphatic carbocycles. The van der Waals surface area contributed by atoms with Crippen LogP contribution >= 0.6 is 0 Å². The third-order valence-electron chi connectivity index (χ3n) is 4.07. The SMILES string of the molecule is Cn1cc(-c2cc(NS(C)(=O)=O)ccc2Oc2cccc(C(F)(F)F)c2)ccc1=O. The van der Waals surface area contributed by atoms with Crippen molar-refractivity contribution >= 4 is 15.7 Å². The fourth-order valence-electron chi connectivity index (χ4n) is 2.74.